The molecule has 5 heteroatoms. The van der Waals surface area contributed by atoms with Crippen LogP contribution < -0.4 is 5.73 Å². The number of aromatic nitrogens is 1. The molecule has 0 aliphatic carbocycles. The summed E-state index contributed by atoms with van der Waals surface area (Å²) in [6, 6.07) is 8.51. The van der Waals surface area contributed by atoms with Crippen molar-refractivity contribution in [3.05, 3.63) is 29.3 Å². The van der Waals surface area contributed by atoms with Crippen LogP contribution in [0.15, 0.2) is 24.3 Å². The lowest BCUT2D eigenvalue weighted by Crippen LogP contribution is -2.47. The van der Waals surface area contributed by atoms with Crippen molar-refractivity contribution in [1.29, 1.82) is 0 Å². The molecular weight excluding hydrogens is 306 g/mol. The van der Waals surface area contributed by atoms with Gasteiger partial charge in [-0.1, -0.05) is 12.1 Å². The first kappa shape index (κ1) is 16.4. The van der Waals surface area contributed by atoms with E-state index in [1.165, 1.54) is 16.1 Å². The van der Waals surface area contributed by atoms with E-state index in [1.807, 2.05) is 11.0 Å². The van der Waals surface area contributed by atoms with Gasteiger partial charge in [0.05, 0.1) is 15.2 Å². The number of rotatable bonds is 6. The number of para-hydroxylation sites is 1. The molecule has 1 aliphatic heterocycles. The molecule has 0 bridgehead atoms. The Morgan fingerprint density at radius 2 is 2.17 bits per heavy atom. The lowest BCUT2D eigenvalue weighted by molar-refractivity contribution is -0.134. The van der Waals surface area contributed by atoms with Gasteiger partial charge in [-0.05, 0) is 50.7 Å². The molecule has 2 N–H and O–H groups in total. The van der Waals surface area contributed by atoms with Crippen LogP contribution in [0.4, 0.5) is 0 Å². The fourth-order valence-corrected chi connectivity index (χ4v) is 4.31. The predicted octanol–water partition coefficient (Wildman–Crippen LogP) is 3.35. The summed E-state index contributed by atoms with van der Waals surface area (Å²) in [5, 5.41) is 1.18. The number of nitrogens with zero attached hydrogens (tertiary/aromatic N) is 2. The molecule has 1 unspecified atom stereocenters. The van der Waals surface area contributed by atoms with Crippen LogP contribution in [0.1, 0.15) is 43.5 Å². The lowest BCUT2D eigenvalue weighted by atomic mass is 10.0. The predicted molar refractivity (Wildman–Crippen MR) is 95.6 cm³/mol. The molecule has 1 fully saturated rings. The highest BCUT2D eigenvalue weighted by molar-refractivity contribution is 7.18. The maximum Gasteiger partial charge on any atom is 0.222 e. The molecule has 1 atom stereocenters. The number of hydrogen-bond donors (Lipinski definition) is 1. The molecule has 23 heavy (non-hydrogen) atoms. The van der Waals surface area contributed by atoms with Crippen molar-refractivity contribution in [2.45, 2.75) is 51.0 Å². The van der Waals surface area contributed by atoms with Crippen LogP contribution in [0.2, 0.25) is 0 Å². The topological polar surface area (TPSA) is 59.2 Å². The molecule has 124 valence electrons. The Labute approximate surface area is 141 Å². The highest BCUT2D eigenvalue weighted by atomic mass is 32.1. The molecule has 1 saturated heterocycles. The van der Waals surface area contributed by atoms with E-state index >= 15 is 0 Å². The number of unbranched alkanes of at least 4 members (excludes halogenated alkanes) is 1. The number of carbonyl (C=O) groups is 1. The summed E-state index contributed by atoms with van der Waals surface area (Å²) in [7, 11) is 0. The van der Waals surface area contributed by atoms with Gasteiger partial charge in [-0.3, -0.25) is 4.79 Å². The van der Waals surface area contributed by atoms with Crippen molar-refractivity contribution in [1.82, 2.24) is 9.88 Å². The van der Waals surface area contributed by atoms with E-state index in [0.717, 1.165) is 44.2 Å². The number of fused-ring (bicyclic) bond motifs is 1. The van der Waals surface area contributed by atoms with Gasteiger partial charge in [0.25, 0.3) is 0 Å². The van der Waals surface area contributed by atoms with Gasteiger partial charge in [0.15, 0.2) is 0 Å². The second kappa shape index (κ2) is 7.88. The van der Waals surface area contributed by atoms with Crippen molar-refractivity contribution in [2.75, 3.05) is 13.1 Å². The van der Waals surface area contributed by atoms with Crippen LogP contribution in [-0.2, 0) is 11.2 Å². The van der Waals surface area contributed by atoms with Gasteiger partial charge in [-0.2, -0.15) is 0 Å². The number of nitrogens with two attached hydrogens (primary N) is 1. The Kier molecular flexibility index (Phi) is 5.62. The fraction of sp³-hybridized carbons (Fsp3) is 0.556. The molecule has 2 heterocycles. The molecule has 1 aliphatic rings. The van der Waals surface area contributed by atoms with Gasteiger partial charge in [0, 0.05) is 25.6 Å². The SMILES string of the molecule is NCC1CCCCN1C(=O)CCCCc1nc2ccccc2s1. The average molecular weight is 331 g/mol. The standard InChI is InChI=1S/C18H25N3OS/c19-13-14-7-5-6-12-21(14)18(22)11-4-3-10-17-20-15-8-1-2-9-16(15)23-17/h1-2,8-9,14H,3-7,10-13,19H2. The third kappa shape index (κ3) is 4.09. The largest absolute Gasteiger partial charge is 0.338 e. The first-order valence-electron chi connectivity index (χ1n) is 8.62. The number of benzene rings is 1. The minimum Gasteiger partial charge on any atom is -0.338 e. The Morgan fingerprint density at radius 3 is 3.00 bits per heavy atom. The lowest BCUT2D eigenvalue weighted by Gasteiger charge is -2.35. The molecule has 1 amide bonds. The molecule has 1 aromatic carbocycles. The van der Waals surface area contributed by atoms with Gasteiger partial charge in [-0.25, -0.2) is 4.98 Å². The van der Waals surface area contributed by atoms with Crippen LogP contribution >= 0.6 is 11.3 Å². The summed E-state index contributed by atoms with van der Waals surface area (Å²) in [6.45, 7) is 1.48. The summed E-state index contributed by atoms with van der Waals surface area (Å²) >= 11 is 1.77. The zero-order chi connectivity index (χ0) is 16.1. The van der Waals surface area contributed by atoms with E-state index in [0.29, 0.717) is 13.0 Å². The third-order valence-corrected chi connectivity index (χ3v) is 5.69. The fourth-order valence-electron chi connectivity index (χ4n) is 3.30. The van der Waals surface area contributed by atoms with Crippen molar-refractivity contribution < 1.29 is 4.79 Å². The molecule has 3 rings (SSSR count). The monoisotopic (exact) mass is 331 g/mol. The minimum atomic E-state index is 0.264. The summed E-state index contributed by atoms with van der Waals surface area (Å²) in [5.74, 6) is 0.282. The number of likely N-dealkylation sites (tertiary alicyclic amines) is 1. The van der Waals surface area contributed by atoms with Crippen LogP contribution in [0.5, 0.6) is 0 Å². The summed E-state index contributed by atoms with van der Waals surface area (Å²) in [4.78, 5) is 19.0. The number of thiazole rings is 1. The Morgan fingerprint density at radius 1 is 1.30 bits per heavy atom. The number of aryl methyl sites for hydroxylation is 1. The quantitative estimate of drug-likeness (QED) is 0.826. The molecule has 4 nitrogen and oxygen atoms in total. The molecule has 1 aromatic heterocycles. The molecular formula is C18H25N3OS. The molecule has 0 spiro atoms. The highest BCUT2D eigenvalue weighted by Gasteiger charge is 2.24. The van der Waals surface area contributed by atoms with Crippen molar-refractivity contribution in [3.8, 4) is 0 Å². The summed E-state index contributed by atoms with van der Waals surface area (Å²) in [5.41, 5.74) is 6.88. The summed E-state index contributed by atoms with van der Waals surface area (Å²) < 4.78 is 1.25. The van der Waals surface area contributed by atoms with Gasteiger partial charge in [0.2, 0.25) is 5.91 Å². The zero-order valence-corrected chi connectivity index (χ0v) is 14.4. The Bertz CT molecular complexity index is 622. The van der Waals surface area contributed by atoms with E-state index in [1.54, 1.807) is 11.3 Å². The zero-order valence-electron chi connectivity index (χ0n) is 13.5. The van der Waals surface area contributed by atoms with Crippen LogP contribution in [-0.4, -0.2) is 34.9 Å². The highest BCUT2D eigenvalue weighted by Crippen LogP contribution is 2.23. The number of amides is 1. The van der Waals surface area contributed by atoms with Gasteiger partial charge in [0.1, 0.15) is 0 Å². The first-order chi connectivity index (χ1) is 11.3. The number of carbonyl (C=O) groups excluding carboxylic acids is 1. The average Bonchev–Trinajstić information content (AvgIpc) is 3.01. The minimum absolute atomic E-state index is 0.264. The molecule has 2 aromatic rings. The Balaban J connectivity index is 1.44. The maximum atomic E-state index is 12.4. The van der Waals surface area contributed by atoms with Crippen LogP contribution in [0.25, 0.3) is 10.2 Å². The van der Waals surface area contributed by atoms with Crippen molar-refractivity contribution in [3.63, 3.8) is 0 Å². The van der Waals surface area contributed by atoms with Crippen molar-refractivity contribution in [2.24, 2.45) is 5.73 Å². The van der Waals surface area contributed by atoms with Gasteiger partial charge >= 0.3 is 0 Å². The second-order valence-electron chi connectivity index (χ2n) is 6.25. The van der Waals surface area contributed by atoms with Gasteiger partial charge in [-0.15, -0.1) is 11.3 Å². The molecule has 0 saturated carbocycles. The first-order valence-corrected chi connectivity index (χ1v) is 9.43. The normalized spacial score (nSPS) is 18.5. The Hall–Kier alpha value is -1.46. The van der Waals surface area contributed by atoms with Crippen molar-refractivity contribution >= 4 is 27.5 Å². The van der Waals surface area contributed by atoms with Crippen LogP contribution in [0, 0.1) is 0 Å². The van der Waals surface area contributed by atoms with Crippen LogP contribution in [0.3, 0.4) is 0 Å². The maximum absolute atomic E-state index is 12.4. The van der Waals surface area contributed by atoms with E-state index in [4.69, 9.17) is 5.73 Å². The summed E-state index contributed by atoms with van der Waals surface area (Å²) in [6.07, 6.45) is 6.94. The van der Waals surface area contributed by atoms with E-state index in [-0.39, 0.29) is 11.9 Å². The number of piperidine rings is 1. The van der Waals surface area contributed by atoms with E-state index < -0.39 is 0 Å². The smallest absolute Gasteiger partial charge is 0.222 e. The molecule has 0 radical (unpaired) electrons. The third-order valence-electron chi connectivity index (χ3n) is 4.59. The van der Waals surface area contributed by atoms with E-state index in [2.05, 4.69) is 23.2 Å². The van der Waals surface area contributed by atoms with Gasteiger partial charge < -0.3 is 10.6 Å². The number of hydrogen-bond acceptors (Lipinski definition) is 4. The second-order valence-corrected chi connectivity index (χ2v) is 7.37. The van der Waals surface area contributed by atoms with E-state index in [9.17, 15) is 4.79 Å².